The molecule has 1 amide bonds. The van der Waals surface area contributed by atoms with Crippen LogP contribution < -0.4 is 4.80 Å². The van der Waals surface area contributed by atoms with Gasteiger partial charge in [0.2, 0.25) is 0 Å². The third-order valence-corrected chi connectivity index (χ3v) is 6.37. The maximum absolute atomic E-state index is 12.5. The average molecular weight is 418 g/mol. The van der Waals surface area contributed by atoms with Crippen molar-refractivity contribution >= 4 is 73.6 Å². The fraction of sp³-hybridized carbons (Fsp3) is 0.125. The van der Waals surface area contributed by atoms with Crippen LogP contribution in [-0.4, -0.2) is 10.5 Å². The second-order valence-corrected chi connectivity index (χ2v) is 8.66. The number of aryl methyl sites for hydroxylation is 1. The largest absolute Gasteiger partial charge is 0.312 e. The maximum Gasteiger partial charge on any atom is 0.282 e. The lowest BCUT2D eigenvalue weighted by Crippen LogP contribution is -2.16. The van der Waals surface area contributed by atoms with Crippen LogP contribution in [0.15, 0.2) is 35.8 Å². The van der Waals surface area contributed by atoms with E-state index in [0.29, 0.717) is 30.6 Å². The van der Waals surface area contributed by atoms with Gasteiger partial charge in [0.05, 0.1) is 20.1 Å². The van der Waals surface area contributed by atoms with Gasteiger partial charge in [-0.15, -0.1) is 17.9 Å². The first-order valence-electron chi connectivity index (χ1n) is 6.85. The quantitative estimate of drug-likeness (QED) is 0.484. The normalized spacial score (nSPS) is 12.1. The topological polar surface area (TPSA) is 34.4 Å². The molecule has 0 aliphatic carbocycles. The fourth-order valence-corrected chi connectivity index (χ4v) is 5.03. The van der Waals surface area contributed by atoms with Crippen molar-refractivity contribution < 1.29 is 4.79 Å². The third-order valence-electron chi connectivity index (χ3n) is 3.43. The molecule has 0 aliphatic rings. The second-order valence-electron chi connectivity index (χ2n) is 4.96. The molecule has 0 fully saturated rings. The summed E-state index contributed by atoms with van der Waals surface area (Å²) in [5, 5.41) is 0.670. The number of amides is 1. The highest BCUT2D eigenvalue weighted by molar-refractivity contribution is 7.20. The molecule has 2 aromatic heterocycles. The molecule has 1 aromatic carbocycles. The van der Waals surface area contributed by atoms with Crippen molar-refractivity contribution in [2.45, 2.75) is 13.5 Å². The Balaban J connectivity index is 2.23. The molecule has 0 unspecified atom stereocenters. The number of rotatable bonds is 3. The van der Waals surface area contributed by atoms with Crippen molar-refractivity contribution in [3.05, 3.63) is 60.5 Å². The van der Waals surface area contributed by atoms with E-state index < -0.39 is 5.91 Å². The summed E-state index contributed by atoms with van der Waals surface area (Å²) >= 11 is 20.7. The van der Waals surface area contributed by atoms with Gasteiger partial charge in [-0.05, 0) is 30.7 Å². The summed E-state index contributed by atoms with van der Waals surface area (Å²) in [6.45, 7) is 6.24. The van der Waals surface area contributed by atoms with Gasteiger partial charge in [0.1, 0.15) is 4.34 Å². The van der Waals surface area contributed by atoms with E-state index in [1.165, 1.54) is 17.4 Å². The molecule has 0 N–H and O–H groups in total. The highest BCUT2D eigenvalue weighted by Crippen LogP contribution is 2.32. The number of benzene rings is 1. The van der Waals surface area contributed by atoms with Gasteiger partial charge in [-0.2, -0.15) is 4.99 Å². The van der Waals surface area contributed by atoms with Crippen molar-refractivity contribution in [1.29, 1.82) is 0 Å². The van der Waals surface area contributed by atoms with E-state index >= 15 is 0 Å². The summed E-state index contributed by atoms with van der Waals surface area (Å²) in [6.07, 6.45) is 1.75. The van der Waals surface area contributed by atoms with Crippen LogP contribution in [0.5, 0.6) is 0 Å². The number of halogens is 3. The van der Waals surface area contributed by atoms with Crippen LogP contribution >= 0.6 is 57.5 Å². The Bertz CT molecular complexity index is 1030. The van der Waals surface area contributed by atoms with Crippen molar-refractivity contribution in [3.8, 4) is 0 Å². The number of thiophene rings is 1. The van der Waals surface area contributed by atoms with Crippen LogP contribution in [0.25, 0.3) is 10.2 Å². The second kappa shape index (κ2) is 7.02. The van der Waals surface area contributed by atoms with E-state index in [1.54, 1.807) is 6.08 Å². The lowest BCUT2D eigenvalue weighted by molar-refractivity contribution is 0.0998. The smallest absolute Gasteiger partial charge is 0.282 e. The number of hydrogen-bond donors (Lipinski definition) is 0. The molecule has 3 rings (SSSR count). The van der Waals surface area contributed by atoms with Crippen LogP contribution in [0.1, 0.15) is 15.9 Å². The van der Waals surface area contributed by atoms with Crippen LogP contribution in [0.2, 0.25) is 13.7 Å². The summed E-state index contributed by atoms with van der Waals surface area (Å²) in [6, 6.07) is 5.30. The number of carbonyl (C=O) groups is 1. The van der Waals surface area contributed by atoms with E-state index in [-0.39, 0.29) is 0 Å². The highest BCUT2D eigenvalue weighted by Gasteiger charge is 2.15. The zero-order valence-electron chi connectivity index (χ0n) is 12.5. The summed E-state index contributed by atoms with van der Waals surface area (Å²) in [5.74, 6) is -0.420. The molecule has 0 spiro atoms. The van der Waals surface area contributed by atoms with E-state index in [9.17, 15) is 4.79 Å². The first-order valence-corrected chi connectivity index (χ1v) is 9.62. The van der Waals surface area contributed by atoms with Gasteiger partial charge in [0.15, 0.2) is 4.80 Å². The Hall–Kier alpha value is -1.11. The lowest BCUT2D eigenvalue weighted by atomic mass is 10.2. The zero-order chi connectivity index (χ0) is 17.4. The molecule has 124 valence electrons. The number of allylic oxidation sites excluding steroid dienone is 1. The average Bonchev–Trinajstić information content (AvgIpc) is 3.04. The molecule has 0 radical (unpaired) electrons. The van der Waals surface area contributed by atoms with Crippen LogP contribution in [0.3, 0.4) is 0 Å². The summed E-state index contributed by atoms with van der Waals surface area (Å²) in [5.41, 5.74) is 2.20. The van der Waals surface area contributed by atoms with E-state index in [0.717, 1.165) is 27.1 Å². The monoisotopic (exact) mass is 416 g/mol. The molecule has 0 atom stereocenters. The predicted octanol–water partition coefficient (Wildman–Crippen LogP) is 5.96. The predicted molar refractivity (Wildman–Crippen MR) is 104 cm³/mol. The number of nitrogens with zero attached hydrogens (tertiary/aromatic N) is 2. The van der Waals surface area contributed by atoms with Crippen molar-refractivity contribution in [1.82, 2.24) is 4.57 Å². The van der Waals surface area contributed by atoms with E-state index in [1.807, 2.05) is 23.6 Å². The first kappa shape index (κ1) is 17.7. The molecular weight excluding hydrogens is 407 g/mol. The van der Waals surface area contributed by atoms with Gasteiger partial charge in [-0.3, -0.25) is 4.79 Å². The molecule has 24 heavy (non-hydrogen) atoms. The number of carbonyl (C=O) groups excluding carboxylic acids is 1. The Morgan fingerprint density at radius 2 is 2.08 bits per heavy atom. The van der Waals surface area contributed by atoms with Crippen LogP contribution in [0, 0.1) is 6.92 Å². The molecule has 0 saturated heterocycles. The number of fused-ring (bicyclic) bond motifs is 1. The van der Waals surface area contributed by atoms with Crippen molar-refractivity contribution in [3.63, 3.8) is 0 Å². The molecular formula is C16H11Cl3N2OS2. The molecule has 0 saturated carbocycles. The SMILES string of the molecule is C=CCn1c(=NC(=O)c2cc(Cl)sc2Cl)sc2ccc(Cl)c(C)c21. The summed E-state index contributed by atoms with van der Waals surface area (Å²) < 4.78 is 3.72. The summed E-state index contributed by atoms with van der Waals surface area (Å²) in [7, 11) is 0. The van der Waals surface area contributed by atoms with E-state index in [2.05, 4.69) is 11.6 Å². The van der Waals surface area contributed by atoms with E-state index in [4.69, 9.17) is 34.8 Å². The Morgan fingerprint density at radius 1 is 1.33 bits per heavy atom. The molecule has 8 heteroatoms. The molecule has 3 nitrogen and oxygen atoms in total. The van der Waals surface area contributed by atoms with Crippen molar-refractivity contribution in [2.75, 3.05) is 0 Å². The number of hydrogen-bond acceptors (Lipinski definition) is 3. The minimum absolute atomic E-state index is 0.309. The molecule has 3 aromatic rings. The Labute approximate surface area is 161 Å². The molecule has 0 bridgehead atoms. The first-order chi connectivity index (χ1) is 11.4. The van der Waals surface area contributed by atoms with Crippen LogP contribution in [0.4, 0.5) is 0 Å². The summed E-state index contributed by atoms with van der Waals surface area (Å²) in [4.78, 5) is 17.3. The Kier molecular flexibility index (Phi) is 5.18. The lowest BCUT2D eigenvalue weighted by Gasteiger charge is -2.05. The van der Waals surface area contributed by atoms with Gasteiger partial charge in [-0.1, -0.05) is 52.2 Å². The van der Waals surface area contributed by atoms with Gasteiger partial charge in [0.25, 0.3) is 5.91 Å². The number of aromatic nitrogens is 1. The fourth-order valence-electron chi connectivity index (χ4n) is 2.33. The highest BCUT2D eigenvalue weighted by atomic mass is 35.5. The minimum atomic E-state index is -0.420. The maximum atomic E-state index is 12.5. The zero-order valence-corrected chi connectivity index (χ0v) is 16.4. The standard InChI is InChI=1S/C16H11Cl3N2OS2/c1-3-6-21-13-8(2)10(17)4-5-11(13)23-16(21)20-15(22)9-7-12(18)24-14(9)19/h3-5,7H,1,6H2,2H3. The molecule has 0 aliphatic heterocycles. The van der Waals surface area contributed by atoms with Gasteiger partial charge < -0.3 is 4.57 Å². The minimum Gasteiger partial charge on any atom is -0.312 e. The van der Waals surface area contributed by atoms with Gasteiger partial charge in [0, 0.05) is 11.6 Å². The third kappa shape index (κ3) is 3.19. The van der Waals surface area contributed by atoms with Crippen LogP contribution in [-0.2, 0) is 6.54 Å². The van der Waals surface area contributed by atoms with Crippen molar-refractivity contribution in [2.24, 2.45) is 4.99 Å². The van der Waals surface area contributed by atoms with Gasteiger partial charge >= 0.3 is 0 Å². The Morgan fingerprint density at radius 3 is 2.71 bits per heavy atom. The molecule has 2 heterocycles. The number of thiazole rings is 1. The van der Waals surface area contributed by atoms with Gasteiger partial charge in [-0.25, -0.2) is 0 Å².